The summed E-state index contributed by atoms with van der Waals surface area (Å²) in [6.45, 7) is 2.58. The van der Waals surface area contributed by atoms with E-state index in [0.717, 1.165) is 21.4 Å². The molecule has 0 radical (unpaired) electrons. The summed E-state index contributed by atoms with van der Waals surface area (Å²) in [7, 11) is 0. The van der Waals surface area contributed by atoms with E-state index in [9.17, 15) is 4.79 Å². The van der Waals surface area contributed by atoms with E-state index in [1.165, 1.54) is 0 Å². The van der Waals surface area contributed by atoms with E-state index >= 15 is 0 Å². The van der Waals surface area contributed by atoms with Crippen molar-refractivity contribution in [3.8, 4) is 0 Å². The summed E-state index contributed by atoms with van der Waals surface area (Å²) in [5, 5.41) is 6.16. The summed E-state index contributed by atoms with van der Waals surface area (Å²) >= 11 is 3.46. The molecule has 20 heavy (non-hydrogen) atoms. The normalized spacial score (nSPS) is 10.1. The fraction of sp³-hybridized carbons (Fsp3) is 0.188. The molecule has 0 atom stereocenters. The summed E-state index contributed by atoms with van der Waals surface area (Å²) < 4.78 is 0.999. The summed E-state index contributed by atoms with van der Waals surface area (Å²) in [5.74, 6) is 0.0128. The van der Waals surface area contributed by atoms with Crippen molar-refractivity contribution in [2.45, 2.75) is 13.3 Å². The highest BCUT2D eigenvalue weighted by molar-refractivity contribution is 9.10. The molecule has 0 heterocycles. The maximum Gasteiger partial charge on any atom is 0.226 e. The van der Waals surface area contributed by atoms with Gasteiger partial charge in [-0.05, 0) is 46.6 Å². The smallest absolute Gasteiger partial charge is 0.226 e. The van der Waals surface area contributed by atoms with Gasteiger partial charge in [0, 0.05) is 28.8 Å². The van der Waals surface area contributed by atoms with Gasteiger partial charge in [0.15, 0.2) is 0 Å². The predicted molar refractivity (Wildman–Crippen MR) is 87.1 cm³/mol. The largest absolute Gasteiger partial charge is 0.384 e. The zero-order valence-electron chi connectivity index (χ0n) is 11.3. The lowest BCUT2D eigenvalue weighted by Crippen LogP contribution is -2.16. The highest BCUT2D eigenvalue weighted by Gasteiger charge is 2.04. The molecule has 0 saturated carbocycles. The SMILES string of the molecule is Cc1ccccc1NC(=O)CCNc1ccccc1Br. The molecule has 0 unspecified atom stereocenters. The van der Waals surface area contributed by atoms with Crippen molar-refractivity contribution < 1.29 is 4.79 Å². The van der Waals surface area contributed by atoms with Crippen LogP contribution in [-0.2, 0) is 4.79 Å². The van der Waals surface area contributed by atoms with E-state index in [4.69, 9.17) is 0 Å². The van der Waals surface area contributed by atoms with Crippen LogP contribution in [0.1, 0.15) is 12.0 Å². The van der Waals surface area contributed by atoms with Gasteiger partial charge in [-0.2, -0.15) is 0 Å². The summed E-state index contributed by atoms with van der Waals surface area (Å²) in [6.07, 6.45) is 0.426. The van der Waals surface area contributed by atoms with E-state index in [1.54, 1.807) is 0 Å². The monoisotopic (exact) mass is 332 g/mol. The van der Waals surface area contributed by atoms with Gasteiger partial charge < -0.3 is 10.6 Å². The highest BCUT2D eigenvalue weighted by atomic mass is 79.9. The zero-order chi connectivity index (χ0) is 14.4. The van der Waals surface area contributed by atoms with Crippen LogP contribution in [0.3, 0.4) is 0 Å². The number of anilines is 2. The predicted octanol–water partition coefficient (Wildman–Crippen LogP) is 4.20. The Labute approximate surface area is 127 Å². The van der Waals surface area contributed by atoms with Crippen LogP contribution in [0.5, 0.6) is 0 Å². The topological polar surface area (TPSA) is 41.1 Å². The second-order valence-corrected chi connectivity index (χ2v) is 5.37. The molecule has 0 bridgehead atoms. The lowest BCUT2D eigenvalue weighted by atomic mass is 10.2. The van der Waals surface area contributed by atoms with Crippen LogP contribution in [0, 0.1) is 6.92 Å². The van der Waals surface area contributed by atoms with E-state index in [2.05, 4.69) is 26.6 Å². The van der Waals surface area contributed by atoms with Gasteiger partial charge in [-0.3, -0.25) is 4.79 Å². The lowest BCUT2D eigenvalue weighted by molar-refractivity contribution is -0.115. The number of benzene rings is 2. The van der Waals surface area contributed by atoms with Crippen LogP contribution in [0.2, 0.25) is 0 Å². The van der Waals surface area contributed by atoms with Crippen LogP contribution in [-0.4, -0.2) is 12.5 Å². The number of hydrogen-bond acceptors (Lipinski definition) is 2. The van der Waals surface area contributed by atoms with Crippen molar-refractivity contribution >= 4 is 33.2 Å². The number of rotatable bonds is 5. The standard InChI is InChI=1S/C16H17BrN2O/c1-12-6-2-4-8-14(12)19-16(20)10-11-18-15-9-5-3-7-13(15)17/h2-9,18H,10-11H2,1H3,(H,19,20). The number of aryl methyl sites for hydroxylation is 1. The summed E-state index contributed by atoms with van der Waals surface area (Å²) in [6, 6.07) is 15.6. The van der Waals surface area contributed by atoms with Gasteiger partial charge in [0.25, 0.3) is 0 Å². The second kappa shape index (κ2) is 7.10. The minimum atomic E-state index is 0.0128. The number of carbonyl (C=O) groups excluding carboxylic acids is 1. The van der Waals surface area contributed by atoms with Crippen LogP contribution < -0.4 is 10.6 Å². The van der Waals surface area contributed by atoms with E-state index in [0.29, 0.717) is 13.0 Å². The Balaban J connectivity index is 1.82. The van der Waals surface area contributed by atoms with Gasteiger partial charge in [0.2, 0.25) is 5.91 Å². The lowest BCUT2D eigenvalue weighted by Gasteiger charge is -2.10. The molecule has 0 aromatic heterocycles. The first-order valence-electron chi connectivity index (χ1n) is 6.50. The van der Waals surface area contributed by atoms with Gasteiger partial charge >= 0.3 is 0 Å². The molecule has 3 nitrogen and oxygen atoms in total. The molecule has 104 valence electrons. The van der Waals surface area contributed by atoms with Gasteiger partial charge in [-0.1, -0.05) is 30.3 Å². The highest BCUT2D eigenvalue weighted by Crippen LogP contribution is 2.21. The van der Waals surface area contributed by atoms with Gasteiger partial charge in [0.05, 0.1) is 0 Å². The third-order valence-corrected chi connectivity index (χ3v) is 3.65. The quantitative estimate of drug-likeness (QED) is 0.861. The van der Waals surface area contributed by atoms with Gasteiger partial charge in [0.1, 0.15) is 0 Å². The number of nitrogens with one attached hydrogen (secondary N) is 2. The Morgan fingerprint density at radius 2 is 1.70 bits per heavy atom. The van der Waals surface area contributed by atoms with Crippen molar-refractivity contribution in [3.05, 3.63) is 58.6 Å². The number of amides is 1. The molecule has 0 fully saturated rings. The first kappa shape index (κ1) is 14.6. The van der Waals surface area contributed by atoms with Crippen molar-refractivity contribution in [1.82, 2.24) is 0 Å². The van der Waals surface area contributed by atoms with Crippen molar-refractivity contribution in [3.63, 3.8) is 0 Å². The van der Waals surface area contributed by atoms with E-state index < -0.39 is 0 Å². The van der Waals surface area contributed by atoms with Crippen molar-refractivity contribution in [1.29, 1.82) is 0 Å². The molecule has 2 aromatic carbocycles. The number of halogens is 1. The number of carbonyl (C=O) groups is 1. The Morgan fingerprint density at radius 1 is 1.05 bits per heavy atom. The molecule has 2 rings (SSSR count). The molecule has 0 saturated heterocycles. The van der Waals surface area contributed by atoms with E-state index in [1.807, 2.05) is 55.5 Å². The summed E-state index contributed by atoms with van der Waals surface area (Å²) in [5.41, 5.74) is 2.94. The van der Waals surface area contributed by atoms with E-state index in [-0.39, 0.29) is 5.91 Å². The van der Waals surface area contributed by atoms with Crippen molar-refractivity contribution in [2.75, 3.05) is 17.2 Å². The molecule has 2 aromatic rings. The Bertz CT molecular complexity index is 599. The van der Waals surface area contributed by atoms with Crippen LogP contribution in [0.4, 0.5) is 11.4 Å². The Hall–Kier alpha value is -1.81. The average molecular weight is 333 g/mol. The molecular weight excluding hydrogens is 316 g/mol. The van der Waals surface area contributed by atoms with Crippen LogP contribution in [0.15, 0.2) is 53.0 Å². The first-order chi connectivity index (χ1) is 9.66. The number of hydrogen-bond donors (Lipinski definition) is 2. The minimum Gasteiger partial charge on any atom is -0.384 e. The fourth-order valence-electron chi connectivity index (χ4n) is 1.84. The van der Waals surface area contributed by atoms with Gasteiger partial charge in [-0.15, -0.1) is 0 Å². The molecule has 1 amide bonds. The Morgan fingerprint density at radius 3 is 2.40 bits per heavy atom. The molecule has 0 aliphatic carbocycles. The third-order valence-electron chi connectivity index (χ3n) is 2.96. The first-order valence-corrected chi connectivity index (χ1v) is 7.30. The molecule has 4 heteroatoms. The average Bonchev–Trinajstić information content (AvgIpc) is 2.43. The van der Waals surface area contributed by atoms with Crippen LogP contribution >= 0.6 is 15.9 Å². The summed E-state index contributed by atoms with van der Waals surface area (Å²) in [4.78, 5) is 11.9. The Kier molecular flexibility index (Phi) is 5.18. The van der Waals surface area contributed by atoms with Crippen LogP contribution in [0.25, 0.3) is 0 Å². The molecule has 0 spiro atoms. The maximum atomic E-state index is 11.9. The minimum absolute atomic E-state index is 0.0128. The molecular formula is C16H17BrN2O. The number of para-hydroxylation sites is 2. The zero-order valence-corrected chi connectivity index (χ0v) is 12.9. The third kappa shape index (κ3) is 4.10. The maximum absolute atomic E-state index is 11.9. The fourth-order valence-corrected chi connectivity index (χ4v) is 2.27. The molecule has 2 N–H and O–H groups in total. The second-order valence-electron chi connectivity index (χ2n) is 4.52. The molecule has 0 aliphatic rings. The van der Waals surface area contributed by atoms with Crippen molar-refractivity contribution in [2.24, 2.45) is 0 Å². The van der Waals surface area contributed by atoms with Gasteiger partial charge in [-0.25, -0.2) is 0 Å². The molecule has 0 aliphatic heterocycles.